The van der Waals surface area contributed by atoms with E-state index >= 15 is 0 Å². The molecule has 4 N–H and O–H groups in total. The highest BCUT2D eigenvalue weighted by atomic mass is 35.5. The number of halogens is 2. The van der Waals surface area contributed by atoms with Gasteiger partial charge in [0.1, 0.15) is 6.54 Å². The maximum atomic E-state index is 10.8. The minimum Gasteiger partial charge on any atom is -0.480 e. The highest BCUT2D eigenvalue weighted by Crippen LogP contribution is 2.26. The molecule has 2 heterocycles. The van der Waals surface area contributed by atoms with Gasteiger partial charge in [0, 0.05) is 29.0 Å². The van der Waals surface area contributed by atoms with Crippen molar-refractivity contribution in [1.82, 2.24) is 15.0 Å². The van der Waals surface area contributed by atoms with Gasteiger partial charge in [0.05, 0.1) is 16.4 Å². The molecule has 0 bridgehead atoms. The number of hydrazine groups is 1. The van der Waals surface area contributed by atoms with Crippen LogP contribution >= 0.6 is 23.2 Å². The zero-order chi connectivity index (χ0) is 19.2. The van der Waals surface area contributed by atoms with Crippen molar-refractivity contribution in [3.63, 3.8) is 0 Å². The first-order valence-corrected chi connectivity index (χ1v) is 8.49. The van der Waals surface area contributed by atoms with Crippen molar-refractivity contribution in [3.8, 4) is 11.3 Å². The molecule has 0 radical (unpaired) electrons. The summed E-state index contributed by atoms with van der Waals surface area (Å²) in [6, 6.07) is 10.3. The van der Waals surface area contributed by atoms with Gasteiger partial charge >= 0.3 is 5.97 Å². The predicted octanol–water partition coefficient (Wildman–Crippen LogP) is 3.78. The third-order valence-electron chi connectivity index (χ3n) is 3.34. The second-order valence-electron chi connectivity index (χ2n) is 5.33. The van der Waals surface area contributed by atoms with E-state index in [4.69, 9.17) is 28.3 Å². The number of carbonyl (C=O) groups is 1. The van der Waals surface area contributed by atoms with Crippen LogP contribution < -0.4 is 16.2 Å². The molecule has 8 nitrogen and oxygen atoms in total. The summed E-state index contributed by atoms with van der Waals surface area (Å²) in [7, 11) is 0. The van der Waals surface area contributed by atoms with Crippen LogP contribution in [0.25, 0.3) is 11.3 Å². The molecule has 10 heteroatoms. The van der Waals surface area contributed by atoms with E-state index in [9.17, 15) is 4.79 Å². The quantitative estimate of drug-likeness (QED) is 0.440. The normalized spacial score (nSPS) is 10.3. The van der Waals surface area contributed by atoms with Crippen molar-refractivity contribution in [2.24, 2.45) is 0 Å². The molecule has 138 valence electrons. The second-order valence-corrected chi connectivity index (χ2v) is 6.17. The first-order chi connectivity index (χ1) is 13.0. The number of aliphatic carboxylic acids is 1. The lowest BCUT2D eigenvalue weighted by Gasteiger charge is -2.13. The summed E-state index contributed by atoms with van der Waals surface area (Å²) < 4.78 is 0. The average molecular weight is 405 g/mol. The van der Waals surface area contributed by atoms with E-state index in [1.54, 1.807) is 42.7 Å². The van der Waals surface area contributed by atoms with E-state index in [0.29, 0.717) is 27.2 Å². The molecule has 0 aliphatic carbocycles. The SMILES string of the molecule is O=C(O)CNc1nc(NNc2ccc(Cl)cc2Cl)cc(-c2cccnc2)n1. The molecule has 0 spiro atoms. The Morgan fingerprint density at radius 3 is 2.67 bits per heavy atom. The Morgan fingerprint density at radius 1 is 1.11 bits per heavy atom. The largest absolute Gasteiger partial charge is 0.480 e. The van der Waals surface area contributed by atoms with Gasteiger partial charge in [-0.1, -0.05) is 23.2 Å². The fourth-order valence-electron chi connectivity index (χ4n) is 2.13. The number of nitrogens with zero attached hydrogens (tertiary/aromatic N) is 3. The molecule has 3 rings (SSSR count). The van der Waals surface area contributed by atoms with Gasteiger partial charge in [-0.3, -0.25) is 20.6 Å². The smallest absolute Gasteiger partial charge is 0.322 e. The predicted molar refractivity (Wildman–Crippen MR) is 105 cm³/mol. The summed E-state index contributed by atoms with van der Waals surface area (Å²) in [4.78, 5) is 23.4. The topological polar surface area (TPSA) is 112 Å². The van der Waals surface area contributed by atoms with Gasteiger partial charge in [-0.25, -0.2) is 4.98 Å². The van der Waals surface area contributed by atoms with Gasteiger partial charge < -0.3 is 10.4 Å². The Balaban J connectivity index is 1.86. The number of aromatic nitrogens is 3. The molecule has 1 aromatic carbocycles. The molecule has 0 aliphatic heterocycles. The maximum Gasteiger partial charge on any atom is 0.322 e. The van der Waals surface area contributed by atoms with E-state index in [2.05, 4.69) is 31.1 Å². The Hall–Kier alpha value is -3.10. The molecule has 0 fully saturated rings. The van der Waals surface area contributed by atoms with Crippen molar-refractivity contribution in [1.29, 1.82) is 0 Å². The van der Waals surface area contributed by atoms with Crippen LogP contribution in [0.15, 0.2) is 48.8 Å². The van der Waals surface area contributed by atoms with Crippen molar-refractivity contribution in [3.05, 3.63) is 58.8 Å². The molecule has 0 amide bonds. The zero-order valence-corrected chi connectivity index (χ0v) is 15.3. The number of carboxylic acid groups (broad SMARTS) is 1. The van der Waals surface area contributed by atoms with Gasteiger partial charge in [-0.2, -0.15) is 4.98 Å². The lowest BCUT2D eigenvalue weighted by atomic mass is 10.2. The van der Waals surface area contributed by atoms with E-state index < -0.39 is 5.97 Å². The number of pyridine rings is 1. The molecular weight excluding hydrogens is 391 g/mol. The van der Waals surface area contributed by atoms with Crippen LogP contribution in [0.2, 0.25) is 10.0 Å². The van der Waals surface area contributed by atoms with Crippen LogP contribution in [0.1, 0.15) is 0 Å². The Morgan fingerprint density at radius 2 is 1.96 bits per heavy atom. The first kappa shape index (κ1) is 18.7. The van der Waals surface area contributed by atoms with Gasteiger partial charge in [0.25, 0.3) is 0 Å². The van der Waals surface area contributed by atoms with Gasteiger partial charge in [0.15, 0.2) is 5.82 Å². The third-order valence-corrected chi connectivity index (χ3v) is 3.89. The molecule has 2 aromatic heterocycles. The Labute approximate surface area is 164 Å². The number of benzene rings is 1. The Bertz CT molecular complexity index is 955. The van der Waals surface area contributed by atoms with Crippen LogP contribution in [0, 0.1) is 0 Å². The fraction of sp³-hybridized carbons (Fsp3) is 0.0588. The summed E-state index contributed by atoms with van der Waals surface area (Å²) in [5.74, 6) is -0.459. The highest BCUT2D eigenvalue weighted by molar-refractivity contribution is 6.36. The average Bonchev–Trinajstić information content (AvgIpc) is 2.66. The number of hydrogen-bond acceptors (Lipinski definition) is 7. The number of nitrogens with one attached hydrogen (secondary N) is 3. The molecule has 0 saturated heterocycles. The van der Waals surface area contributed by atoms with Crippen LogP contribution in [-0.2, 0) is 4.79 Å². The third kappa shape index (κ3) is 5.19. The first-order valence-electron chi connectivity index (χ1n) is 7.73. The van der Waals surface area contributed by atoms with Crippen molar-refractivity contribution in [2.45, 2.75) is 0 Å². The number of rotatable bonds is 7. The number of anilines is 3. The van der Waals surface area contributed by atoms with E-state index in [1.807, 2.05) is 6.07 Å². The number of carboxylic acids is 1. The van der Waals surface area contributed by atoms with E-state index in [1.165, 1.54) is 0 Å². The van der Waals surface area contributed by atoms with Crippen LogP contribution in [0.4, 0.5) is 17.5 Å². The van der Waals surface area contributed by atoms with Crippen LogP contribution in [0.5, 0.6) is 0 Å². The highest BCUT2D eigenvalue weighted by Gasteiger charge is 2.09. The fourth-order valence-corrected chi connectivity index (χ4v) is 2.59. The zero-order valence-electron chi connectivity index (χ0n) is 13.8. The molecule has 0 unspecified atom stereocenters. The Kier molecular flexibility index (Phi) is 5.90. The molecule has 0 saturated carbocycles. The lowest BCUT2D eigenvalue weighted by Crippen LogP contribution is -2.16. The van der Waals surface area contributed by atoms with Gasteiger partial charge in [-0.15, -0.1) is 0 Å². The van der Waals surface area contributed by atoms with E-state index in [0.717, 1.165) is 5.56 Å². The minimum atomic E-state index is -1.02. The summed E-state index contributed by atoms with van der Waals surface area (Å²) in [6.07, 6.45) is 3.30. The van der Waals surface area contributed by atoms with E-state index in [-0.39, 0.29) is 12.5 Å². The summed E-state index contributed by atoms with van der Waals surface area (Å²) in [6.45, 7) is -0.313. The number of hydrogen-bond donors (Lipinski definition) is 4. The minimum absolute atomic E-state index is 0.158. The lowest BCUT2D eigenvalue weighted by molar-refractivity contribution is -0.134. The van der Waals surface area contributed by atoms with Gasteiger partial charge in [-0.05, 0) is 30.3 Å². The summed E-state index contributed by atoms with van der Waals surface area (Å²) >= 11 is 12.0. The maximum absolute atomic E-state index is 10.8. The van der Waals surface area contributed by atoms with Crippen molar-refractivity contribution in [2.75, 3.05) is 22.7 Å². The van der Waals surface area contributed by atoms with Crippen LogP contribution in [0.3, 0.4) is 0 Å². The molecule has 0 aliphatic rings. The molecule has 0 atom stereocenters. The molecule has 27 heavy (non-hydrogen) atoms. The molecule has 3 aromatic rings. The van der Waals surface area contributed by atoms with Crippen molar-refractivity contribution >= 4 is 46.6 Å². The molecular formula is C17H14Cl2N6O2. The standard InChI is InChI=1S/C17H14Cl2N6O2/c18-11-3-4-13(12(19)6-11)24-25-15-7-14(10-2-1-5-20-8-10)22-17(23-15)21-9-16(26)27/h1-8,24H,9H2,(H,26,27)(H2,21,22,23,25). The van der Waals surface area contributed by atoms with Crippen molar-refractivity contribution < 1.29 is 9.90 Å². The van der Waals surface area contributed by atoms with Crippen LogP contribution in [-0.4, -0.2) is 32.6 Å². The monoisotopic (exact) mass is 404 g/mol. The summed E-state index contributed by atoms with van der Waals surface area (Å²) in [5.41, 5.74) is 7.78. The summed E-state index contributed by atoms with van der Waals surface area (Å²) in [5, 5.41) is 12.5. The van der Waals surface area contributed by atoms with Gasteiger partial charge in [0.2, 0.25) is 5.95 Å². The second kappa shape index (κ2) is 8.52.